The van der Waals surface area contributed by atoms with Crippen LogP contribution in [0.4, 0.5) is 5.69 Å². The summed E-state index contributed by atoms with van der Waals surface area (Å²) in [7, 11) is 0. The Balaban J connectivity index is 1.80. The van der Waals surface area contributed by atoms with Crippen molar-refractivity contribution in [3.05, 3.63) is 88.6 Å². The minimum absolute atomic E-state index is 0.177. The third-order valence-electron chi connectivity index (χ3n) is 5.04. The molecule has 0 aliphatic carbocycles. The molecule has 6 nitrogen and oxygen atoms in total. The van der Waals surface area contributed by atoms with Crippen molar-refractivity contribution >= 4 is 33.5 Å². The number of nitrogens with one attached hydrogen (secondary N) is 3. The fraction of sp³-hybridized carbons (Fsp3) is 0.0435. The summed E-state index contributed by atoms with van der Waals surface area (Å²) in [6.45, 7) is 1.78. The lowest BCUT2D eigenvalue weighted by molar-refractivity contribution is 0.0995. The van der Waals surface area contributed by atoms with Gasteiger partial charge >= 0.3 is 0 Å². The third-order valence-corrected chi connectivity index (χ3v) is 5.04. The highest BCUT2D eigenvalue weighted by molar-refractivity contribution is 6.14. The minimum atomic E-state index is -0.467. The monoisotopic (exact) mass is 383 g/mol. The number of pyridine rings is 1. The molecule has 0 saturated heterocycles. The van der Waals surface area contributed by atoms with E-state index in [9.17, 15) is 9.59 Å². The highest BCUT2D eigenvalue weighted by atomic mass is 16.3. The minimum Gasteiger partial charge on any atom is -0.459 e. The Kier molecular flexibility index (Phi) is 3.84. The molecule has 6 heteroatoms. The number of carbonyl (C=O) groups excluding carboxylic acids is 1. The summed E-state index contributed by atoms with van der Waals surface area (Å²) < 4.78 is 5.29. The molecule has 5 rings (SSSR count). The molecule has 3 aromatic heterocycles. The fourth-order valence-corrected chi connectivity index (χ4v) is 3.66. The number of amides is 1. The number of aryl methyl sites for hydroxylation is 1. The number of H-pyrrole nitrogens is 2. The molecule has 0 aliphatic heterocycles. The van der Waals surface area contributed by atoms with E-state index >= 15 is 0 Å². The van der Waals surface area contributed by atoms with E-state index in [0.29, 0.717) is 16.6 Å². The SMILES string of the molecule is Cc1ccoc1C(=O)Nc1c(-c2ccccc2)c2[nH]c3ccccc3c2[nH]c1=O. The molecular formula is C23H17N3O3. The van der Waals surface area contributed by atoms with Gasteiger partial charge in [0, 0.05) is 22.0 Å². The molecule has 3 N–H and O–H groups in total. The average molecular weight is 383 g/mol. The van der Waals surface area contributed by atoms with Crippen molar-refractivity contribution in [3.8, 4) is 11.1 Å². The van der Waals surface area contributed by atoms with Crippen LogP contribution in [0, 0.1) is 6.92 Å². The van der Waals surface area contributed by atoms with Crippen molar-refractivity contribution in [2.45, 2.75) is 6.92 Å². The largest absolute Gasteiger partial charge is 0.459 e. The molecule has 3 heterocycles. The number of para-hydroxylation sites is 1. The first-order chi connectivity index (χ1) is 14.1. The van der Waals surface area contributed by atoms with E-state index in [1.165, 1.54) is 6.26 Å². The Labute approximate surface area is 165 Å². The maximum atomic E-state index is 13.0. The summed E-state index contributed by atoms with van der Waals surface area (Å²) in [6.07, 6.45) is 1.45. The van der Waals surface area contributed by atoms with Gasteiger partial charge in [0.05, 0.1) is 17.3 Å². The number of furan rings is 1. The quantitative estimate of drug-likeness (QED) is 0.417. The summed E-state index contributed by atoms with van der Waals surface area (Å²) in [5, 5.41) is 3.67. The van der Waals surface area contributed by atoms with Gasteiger partial charge in [-0.15, -0.1) is 0 Å². The molecule has 1 amide bonds. The van der Waals surface area contributed by atoms with Crippen molar-refractivity contribution in [1.82, 2.24) is 9.97 Å². The molecule has 0 aliphatic rings. The molecule has 142 valence electrons. The van der Waals surface area contributed by atoms with Crippen LogP contribution in [0.25, 0.3) is 33.1 Å². The van der Waals surface area contributed by atoms with Crippen LogP contribution in [0.2, 0.25) is 0 Å². The van der Waals surface area contributed by atoms with Crippen molar-refractivity contribution in [2.75, 3.05) is 5.32 Å². The van der Waals surface area contributed by atoms with Gasteiger partial charge in [-0.1, -0.05) is 48.5 Å². The molecule has 0 spiro atoms. The second-order valence-electron chi connectivity index (χ2n) is 6.88. The normalized spacial score (nSPS) is 11.2. The first kappa shape index (κ1) is 17.1. The number of hydrogen-bond donors (Lipinski definition) is 3. The van der Waals surface area contributed by atoms with Gasteiger partial charge < -0.3 is 19.7 Å². The van der Waals surface area contributed by atoms with Gasteiger partial charge in [-0.05, 0) is 24.6 Å². The molecule has 2 aromatic carbocycles. The number of aromatic nitrogens is 2. The highest BCUT2D eigenvalue weighted by Gasteiger charge is 2.21. The zero-order chi connectivity index (χ0) is 20.0. The first-order valence-electron chi connectivity index (χ1n) is 9.21. The summed E-state index contributed by atoms with van der Waals surface area (Å²) >= 11 is 0. The topological polar surface area (TPSA) is 90.9 Å². The molecule has 0 unspecified atom stereocenters. The van der Waals surface area contributed by atoms with Crippen molar-refractivity contribution in [1.29, 1.82) is 0 Å². The number of carbonyl (C=O) groups is 1. The molecule has 0 fully saturated rings. The zero-order valence-electron chi connectivity index (χ0n) is 15.6. The Morgan fingerprint density at radius 2 is 1.69 bits per heavy atom. The van der Waals surface area contributed by atoms with Crippen LogP contribution in [-0.4, -0.2) is 15.9 Å². The van der Waals surface area contributed by atoms with Crippen LogP contribution in [-0.2, 0) is 0 Å². The third kappa shape index (κ3) is 2.73. The van der Waals surface area contributed by atoms with E-state index in [0.717, 1.165) is 22.0 Å². The lowest BCUT2D eigenvalue weighted by atomic mass is 10.0. The van der Waals surface area contributed by atoms with Crippen LogP contribution in [0.3, 0.4) is 0 Å². The highest BCUT2D eigenvalue weighted by Crippen LogP contribution is 2.35. The van der Waals surface area contributed by atoms with Gasteiger partial charge in [-0.3, -0.25) is 9.59 Å². The molecule has 0 saturated carbocycles. The van der Waals surface area contributed by atoms with Crippen molar-refractivity contribution in [2.24, 2.45) is 0 Å². The fourth-order valence-electron chi connectivity index (χ4n) is 3.66. The van der Waals surface area contributed by atoms with Crippen LogP contribution in [0.1, 0.15) is 16.1 Å². The number of fused-ring (bicyclic) bond motifs is 3. The Bertz CT molecular complexity index is 1420. The Hall–Kier alpha value is -4.06. The molecule has 0 bridgehead atoms. The lowest BCUT2D eigenvalue weighted by Crippen LogP contribution is -2.21. The van der Waals surface area contributed by atoms with E-state index < -0.39 is 5.91 Å². The molecule has 5 aromatic rings. The van der Waals surface area contributed by atoms with Crippen LogP contribution < -0.4 is 10.9 Å². The Morgan fingerprint density at radius 3 is 2.45 bits per heavy atom. The number of benzene rings is 2. The van der Waals surface area contributed by atoms with Crippen molar-refractivity contribution < 1.29 is 9.21 Å². The number of rotatable bonds is 3. The van der Waals surface area contributed by atoms with Crippen LogP contribution >= 0.6 is 0 Å². The number of aromatic amines is 2. The summed E-state index contributed by atoms with van der Waals surface area (Å²) in [5.41, 5.74) is 4.32. The van der Waals surface area contributed by atoms with Gasteiger partial charge in [0.25, 0.3) is 11.5 Å². The molecule has 29 heavy (non-hydrogen) atoms. The maximum absolute atomic E-state index is 13.0. The summed E-state index contributed by atoms with van der Waals surface area (Å²) in [5.74, 6) is -0.286. The first-order valence-corrected chi connectivity index (χ1v) is 9.21. The van der Waals surface area contributed by atoms with Crippen molar-refractivity contribution in [3.63, 3.8) is 0 Å². The van der Waals surface area contributed by atoms with E-state index in [-0.39, 0.29) is 17.0 Å². The van der Waals surface area contributed by atoms with E-state index in [1.54, 1.807) is 13.0 Å². The Morgan fingerprint density at radius 1 is 0.931 bits per heavy atom. The second kappa shape index (κ2) is 6.53. The van der Waals surface area contributed by atoms with Gasteiger partial charge in [0.15, 0.2) is 5.76 Å². The van der Waals surface area contributed by atoms with Gasteiger partial charge in [-0.25, -0.2) is 0 Å². The second-order valence-corrected chi connectivity index (χ2v) is 6.88. The zero-order valence-corrected chi connectivity index (χ0v) is 15.6. The number of hydrogen-bond acceptors (Lipinski definition) is 3. The predicted molar refractivity (Wildman–Crippen MR) is 113 cm³/mol. The van der Waals surface area contributed by atoms with Gasteiger partial charge in [-0.2, -0.15) is 0 Å². The van der Waals surface area contributed by atoms with Crippen LogP contribution in [0.15, 0.2) is 76.1 Å². The summed E-state index contributed by atoms with van der Waals surface area (Å²) in [6, 6.07) is 19.0. The van der Waals surface area contributed by atoms with Gasteiger partial charge in [0.2, 0.25) is 0 Å². The molecular weight excluding hydrogens is 366 g/mol. The molecule has 0 radical (unpaired) electrons. The van der Waals surface area contributed by atoms with Gasteiger partial charge in [0.1, 0.15) is 5.69 Å². The average Bonchev–Trinajstić information content (AvgIpc) is 3.32. The lowest BCUT2D eigenvalue weighted by Gasteiger charge is -2.12. The van der Waals surface area contributed by atoms with E-state index in [2.05, 4.69) is 15.3 Å². The van der Waals surface area contributed by atoms with E-state index in [4.69, 9.17) is 4.42 Å². The smallest absolute Gasteiger partial charge is 0.291 e. The van der Waals surface area contributed by atoms with E-state index in [1.807, 2.05) is 54.6 Å². The maximum Gasteiger partial charge on any atom is 0.291 e. The number of anilines is 1. The standard InChI is InChI=1S/C23H17N3O3/c1-13-11-12-29-21(13)23(28)26-20-17(14-7-3-2-4-8-14)19-18(25-22(20)27)15-9-5-6-10-16(15)24-19/h2-12,24H,1H3,(H,25,27)(H,26,28). The molecule has 0 atom stereocenters. The van der Waals surface area contributed by atoms with Crippen LogP contribution in [0.5, 0.6) is 0 Å². The summed E-state index contributed by atoms with van der Waals surface area (Å²) in [4.78, 5) is 32.1. The predicted octanol–water partition coefficient (Wildman–Crippen LogP) is 4.83.